The van der Waals surface area contributed by atoms with E-state index in [9.17, 15) is 8.42 Å². The minimum Gasteiger partial charge on any atom is -0.339 e. The van der Waals surface area contributed by atoms with Gasteiger partial charge in [0.2, 0.25) is 0 Å². The minimum absolute atomic E-state index is 0.101. The van der Waals surface area contributed by atoms with E-state index in [1.807, 2.05) is 36.4 Å². The fourth-order valence-corrected chi connectivity index (χ4v) is 3.85. The third kappa shape index (κ3) is 4.65. The van der Waals surface area contributed by atoms with Gasteiger partial charge in [-0.1, -0.05) is 38.1 Å². The molecule has 140 valence electrons. The van der Waals surface area contributed by atoms with Crippen LogP contribution in [0.5, 0.6) is 0 Å². The average Bonchev–Trinajstić information content (AvgIpc) is 2.69. The van der Waals surface area contributed by atoms with Gasteiger partial charge in [-0.15, -0.1) is 0 Å². The second-order valence-corrected chi connectivity index (χ2v) is 7.83. The Morgan fingerprint density at radius 1 is 0.815 bits per heavy atom. The molecule has 3 aromatic rings. The van der Waals surface area contributed by atoms with Crippen molar-refractivity contribution in [3.63, 3.8) is 0 Å². The number of aryl methyl sites for hydroxylation is 2. The second-order valence-electron chi connectivity index (χ2n) is 6.18. The molecule has 0 unspecified atom stereocenters. The van der Waals surface area contributed by atoms with Crippen molar-refractivity contribution >= 4 is 27.2 Å². The number of aromatic nitrogens is 1. The van der Waals surface area contributed by atoms with E-state index in [1.165, 1.54) is 5.56 Å². The molecule has 1 aromatic heterocycles. The minimum atomic E-state index is -3.77. The highest BCUT2D eigenvalue weighted by Gasteiger charge is 2.19. The van der Waals surface area contributed by atoms with Crippen molar-refractivity contribution in [1.29, 1.82) is 0 Å². The first-order valence-corrected chi connectivity index (χ1v) is 10.4. The van der Waals surface area contributed by atoms with Crippen LogP contribution in [-0.4, -0.2) is 13.4 Å². The zero-order valence-electron chi connectivity index (χ0n) is 15.4. The number of anilines is 3. The van der Waals surface area contributed by atoms with Crippen LogP contribution in [0.25, 0.3) is 0 Å². The third-order valence-corrected chi connectivity index (χ3v) is 5.71. The lowest BCUT2D eigenvalue weighted by Crippen LogP contribution is -2.15. The molecule has 0 saturated heterocycles. The van der Waals surface area contributed by atoms with Crippen LogP contribution in [0.3, 0.4) is 0 Å². The van der Waals surface area contributed by atoms with E-state index in [2.05, 4.69) is 28.9 Å². The van der Waals surface area contributed by atoms with Gasteiger partial charge in [-0.2, -0.15) is 0 Å². The van der Waals surface area contributed by atoms with Crippen molar-refractivity contribution in [3.05, 3.63) is 78.0 Å². The van der Waals surface area contributed by atoms with Crippen LogP contribution >= 0.6 is 0 Å². The van der Waals surface area contributed by atoms with Gasteiger partial charge in [0, 0.05) is 17.6 Å². The fourth-order valence-electron chi connectivity index (χ4n) is 2.68. The summed E-state index contributed by atoms with van der Waals surface area (Å²) in [7, 11) is -3.77. The average molecular weight is 382 g/mol. The molecule has 0 bridgehead atoms. The topological polar surface area (TPSA) is 71.1 Å². The number of nitrogens with zero attached hydrogens (tertiary/aromatic N) is 1. The Bertz CT molecular complexity index is 998. The molecule has 27 heavy (non-hydrogen) atoms. The van der Waals surface area contributed by atoms with Crippen LogP contribution in [0.1, 0.15) is 25.0 Å². The highest BCUT2D eigenvalue weighted by atomic mass is 32.2. The molecule has 0 saturated carbocycles. The molecule has 0 spiro atoms. The highest BCUT2D eigenvalue weighted by Crippen LogP contribution is 2.25. The first-order chi connectivity index (χ1) is 13.0. The molecule has 0 amide bonds. The van der Waals surface area contributed by atoms with Crippen molar-refractivity contribution in [3.8, 4) is 0 Å². The lowest BCUT2D eigenvalue weighted by atomic mass is 10.1. The maximum Gasteiger partial charge on any atom is 0.265 e. The van der Waals surface area contributed by atoms with E-state index >= 15 is 0 Å². The molecule has 6 heteroatoms. The van der Waals surface area contributed by atoms with Gasteiger partial charge in [0.1, 0.15) is 4.90 Å². The lowest BCUT2D eigenvalue weighted by Gasteiger charge is -2.13. The number of hydrogen-bond donors (Lipinski definition) is 2. The van der Waals surface area contributed by atoms with Crippen molar-refractivity contribution in [2.45, 2.75) is 31.6 Å². The van der Waals surface area contributed by atoms with E-state index in [0.29, 0.717) is 11.5 Å². The third-order valence-electron chi connectivity index (χ3n) is 4.30. The summed E-state index contributed by atoms with van der Waals surface area (Å²) < 4.78 is 28.4. The smallest absolute Gasteiger partial charge is 0.265 e. The first kappa shape index (κ1) is 18.9. The Kier molecular flexibility index (Phi) is 5.76. The molecular formula is C21H23N3O2S. The van der Waals surface area contributed by atoms with Crippen LogP contribution in [0.15, 0.2) is 71.8 Å². The Balaban J connectivity index is 1.86. The molecule has 5 nitrogen and oxygen atoms in total. The Labute approximate surface area is 160 Å². The summed E-state index contributed by atoms with van der Waals surface area (Å²) >= 11 is 0. The van der Waals surface area contributed by atoms with Crippen molar-refractivity contribution in [2.75, 3.05) is 10.0 Å². The molecule has 0 fully saturated rings. The molecule has 0 aliphatic carbocycles. The van der Waals surface area contributed by atoms with Crippen LogP contribution in [0.4, 0.5) is 17.2 Å². The van der Waals surface area contributed by atoms with Crippen molar-refractivity contribution in [1.82, 2.24) is 4.98 Å². The normalized spacial score (nSPS) is 11.2. The maximum atomic E-state index is 12.9. The summed E-state index contributed by atoms with van der Waals surface area (Å²) in [6.07, 6.45) is 3.42. The number of pyridine rings is 1. The standard InChI is InChI=1S/C21H23N3O2S/c1-3-16-7-11-18(12-8-16)23-21-20(6-5-15-22-21)27(25,26)24-19-13-9-17(4-2)10-14-19/h5-15,24H,3-4H2,1-2H3,(H,22,23). The van der Waals surface area contributed by atoms with E-state index < -0.39 is 10.0 Å². The number of hydrogen-bond acceptors (Lipinski definition) is 4. The SMILES string of the molecule is CCc1ccc(Nc2ncccc2S(=O)(=O)Nc2ccc(CC)cc2)cc1. The molecule has 0 atom stereocenters. The van der Waals surface area contributed by atoms with E-state index in [-0.39, 0.29) is 4.90 Å². The van der Waals surface area contributed by atoms with E-state index in [4.69, 9.17) is 0 Å². The van der Waals surface area contributed by atoms with Gasteiger partial charge < -0.3 is 5.32 Å². The molecule has 2 N–H and O–H groups in total. The summed E-state index contributed by atoms with van der Waals surface area (Å²) in [5, 5.41) is 3.10. The van der Waals surface area contributed by atoms with Gasteiger partial charge in [0.05, 0.1) is 0 Å². The molecule has 2 aromatic carbocycles. The lowest BCUT2D eigenvalue weighted by molar-refractivity contribution is 0.601. The summed E-state index contributed by atoms with van der Waals surface area (Å²) in [5.41, 5.74) is 3.67. The fraction of sp³-hybridized carbons (Fsp3) is 0.190. The monoisotopic (exact) mass is 381 g/mol. The Morgan fingerprint density at radius 3 is 1.93 bits per heavy atom. The van der Waals surface area contributed by atoms with Crippen molar-refractivity contribution < 1.29 is 8.42 Å². The van der Waals surface area contributed by atoms with Crippen molar-refractivity contribution in [2.24, 2.45) is 0 Å². The van der Waals surface area contributed by atoms with E-state index in [0.717, 1.165) is 24.1 Å². The van der Waals surface area contributed by atoms with Gasteiger partial charge in [-0.25, -0.2) is 13.4 Å². The maximum absolute atomic E-state index is 12.9. The summed E-state index contributed by atoms with van der Waals surface area (Å²) in [6, 6.07) is 18.4. The quantitative estimate of drug-likeness (QED) is 0.619. The van der Waals surface area contributed by atoms with Gasteiger partial charge >= 0.3 is 0 Å². The van der Waals surface area contributed by atoms with Gasteiger partial charge in [-0.05, 0) is 60.4 Å². The Hall–Kier alpha value is -2.86. The summed E-state index contributed by atoms with van der Waals surface area (Å²) in [4.78, 5) is 4.32. The van der Waals surface area contributed by atoms with Crippen LogP contribution in [-0.2, 0) is 22.9 Å². The van der Waals surface area contributed by atoms with Crippen LogP contribution in [0.2, 0.25) is 0 Å². The van der Waals surface area contributed by atoms with E-state index in [1.54, 1.807) is 30.5 Å². The first-order valence-electron chi connectivity index (χ1n) is 8.94. The zero-order chi connectivity index (χ0) is 19.3. The summed E-state index contributed by atoms with van der Waals surface area (Å²) in [6.45, 7) is 4.14. The van der Waals surface area contributed by atoms with Crippen LogP contribution < -0.4 is 10.0 Å². The zero-order valence-corrected chi connectivity index (χ0v) is 16.3. The largest absolute Gasteiger partial charge is 0.339 e. The highest BCUT2D eigenvalue weighted by molar-refractivity contribution is 7.92. The molecule has 3 rings (SSSR count). The number of benzene rings is 2. The molecule has 0 radical (unpaired) electrons. The molecule has 0 aliphatic rings. The van der Waals surface area contributed by atoms with Gasteiger partial charge in [0.15, 0.2) is 5.82 Å². The number of sulfonamides is 1. The van der Waals surface area contributed by atoms with Gasteiger partial charge in [0.25, 0.3) is 10.0 Å². The number of rotatable bonds is 7. The van der Waals surface area contributed by atoms with Crippen LogP contribution in [0, 0.1) is 0 Å². The van der Waals surface area contributed by atoms with Gasteiger partial charge in [-0.3, -0.25) is 4.72 Å². The Morgan fingerprint density at radius 2 is 1.37 bits per heavy atom. The molecule has 1 heterocycles. The predicted octanol–water partition coefficient (Wildman–Crippen LogP) is 4.75. The summed E-state index contributed by atoms with van der Waals surface area (Å²) in [5.74, 6) is 0.291. The number of nitrogens with one attached hydrogen (secondary N) is 2. The molecule has 0 aliphatic heterocycles. The predicted molar refractivity (Wildman–Crippen MR) is 110 cm³/mol. The second kappa shape index (κ2) is 8.22. The molecular weight excluding hydrogens is 358 g/mol.